The minimum Gasteiger partial charge on any atom is -0.504 e. The molecule has 2 heterocycles. The molecule has 4 rings (SSSR count). The van der Waals surface area contributed by atoms with E-state index in [-0.39, 0.29) is 11.5 Å². The standard InChI is InChI=1S/C20H20N4O2/c25-17-6-4-5-15(19(17)26)13-21-16-10-8-14(9-11-16)20-23-22-18-7-2-1-3-12-24(18)20/h4-6,8-11,13,25-26H,1-3,7,12H2. The van der Waals surface area contributed by atoms with E-state index in [9.17, 15) is 10.2 Å². The van der Waals surface area contributed by atoms with Crippen molar-refractivity contribution in [1.82, 2.24) is 14.8 Å². The molecule has 0 fully saturated rings. The zero-order chi connectivity index (χ0) is 17.9. The van der Waals surface area contributed by atoms with E-state index in [0.717, 1.165) is 42.3 Å². The Morgan fingerprint density at radius 2 is 1.81 bits per heavy atom. The normalized spacial score (nSPS) is 14.3. The average Bonchev–Trinajstić information content (AvgIpc) is 2.91. The Balaban J connectivity index is 1.57. The molecule has 0 bridgehead atoms. The molecule has 3 aromatic rings. The number of hydrogen-bond acceptors (Lipinski definition) is 5. The number of aromatic hydroxyl groups is 2. The lowest BCUT2D eigenvalue weighted by molar-refractivity contribution is 0.403. The summed E-state index contributed by atoms with van der Waals surface area (Å²) in [6.45, 7) is 0.967. The van der Waals surface area contributed by atoms with Gasteiger partial charge in [-0.25, -0.2) is 0 Å². The molecule has 132 valence electrons. The maximum absolute atomic E-state index is 9.82. The summed E-state index contributed by atoms with van der Waals surface area (Å²) in [5.74, 6) is 1.65. The Labute approximate surface area is 151 Å². The van der Waals surface area contributed by atoms with Crippen LogP contribution in [0.25, 0.3) is 11.4 Å². The van der Waals surface area contributed by atoms with Crippen LogP contribution in [0.1, 0.15) is 30.7 Å². The quantitative estimate of drug-likeness (QED) is 0.556. The van der Waals surface area contributed by atoms with E-state index >= 15 is 0 Å². The van der Waals surface area contributed by atoms with Gasteiger partial charge in [0.25, 0.3) is 0 Å². The Morgan fingerprint density at radius 3 is 2.65 bits per heavy atom. The molecule has 0 atom stereocenters. The van der Waals surface area contributed by atoms with Gasteiger partial charge in [-0.1, -0.05) is 12.5 Å². The second-order valence-corrected chi connectivity index (χ2v) is 6.42. The highest BCUT2D eigenvalue weighted by Crippen LogP contribution is 2.28. The minimum atomic E-state index is -0.168. The van der Waals surface area contributed by atoms with Crippen molar-refractivity contribution < 1.29 is 10.2 Å². The maximum atomic E-state index is 9.82. The Hall–Kier alpha value is -3.15. The number of phenolic OH excluding ortho intramolecular Hbond substituents is 2. The number of aliphatic imine (C=N–C) groups is 1. The number of rotatable bonds is 3. The summed E-state index contributed by atoms with van der Waals surface area (Å²) in [7, 11) is 0. The van der Waals surface area contributed by atoms with Crippen molar-refractivity contribution in [3.63, 3.8) is 0 Å². The molecule has 0 amide bonds. The zero-order valence-electron chi connectivity index (χ0n) is 14.3. The molecule has 2 aromatic carbocycles. The zero-order valence-corrected chi connectivity index (χ0v) is 14.3. The van der Waals surface area contributed by atoms with Crippen LogP contribution in [0.2, 0.25) is 0 Å². The molecule has 0 unspecified atom stereocenters. The van der Waals surface area contributed by atoms with Gasteiger partial charge in [-0.15, -0.1) is 10.2 Å². The van der Waals surface area contributed by atoms with E-state index in [0.29, 0.717) is 5.56 Å². The SMILES string of the molecule is Oc1cccc(C=Nc2ccc(-c3nnc4n3CCCCC4)cc2)c1O. The molecule has 0 spiro atoms. The number of aromatic nitrogens is 3. The Kier molecular flexibility index (Phi) is 4.39. The largest absolute Gasteiger partial charge is 0.504 e. The van der Waals surface area contributed by atoms with E-state index in [1.165, 1.54) is 25.1 Å². The number of para-hydroxylation sites is 1. The third-order valence-corrected chi connectivity index (χ3v) is 4.63. The lowest BCUT2D eigenvalue weighted by Gasteiger charge is -2.07. The van der Waals surface area contributed by atoms with Gasteiger partial charge in [-0.05, 0) is 49.2 Å². The highest BCUT2D eigenvalue weighted by atomic mass is 16.3. The third kappa shape index (κ3) is 3.18. The molecule has 1 aliphatic heterocycles. The predicted molar refractivity (Wildman–Crippen MR) is 100 cm³/mol. The van der Waals surface area contributed by atoms with Crippen molar-refractivity contribution in [3.8, 4) is 22.9 Å². The molecule has 2 N–H and O–H groups in total. The lowest BCUT2D eigenvalue weighted by Crippen LogP contribution is -2.02. The van der Waals surface area contributed by atoms with Crippen molar-refractivity contribution in [1.29, 1.82) is 0 Å². The van der Waals surface area contributed by atoms with Crippen molar-refractivity contribution in [3.05, 3.63) is 53.9 Å². The summed E-state index contributed by atoms with van der Waals surface area (Å²) in [5.41, 5.74) is 2.24. The number of benzene rings is 2. The van der Waals surface area contributed by atoms with Gasteiger partial charge >= 0.3 is 0 Å². The topological polar surface area (TPSA) is 83.5 Å². The van der Waals surface area contributed by atoms with Crippen molar-refractivity contribution in [2.75, 3.05) is 0 Å². The fourth-order valence-electron chi connectivity index (χ4n) is 3.19. The van der Waals surface area contributed by atoms with Crippen LogP contribution in [0.4, 0.5) is 5.69 Å². The summed E-state index contributed by atoms with van der Waals surface area (Å²) in [5, 5.41) is 28.1. The van der Waals surface area contributed by atoms with Crippen molar-refractivity contribution in [2.24, 2.45) is 4.99 Å². The fraction of sp³-hybridized carbons (Fsp3) is 0.250. The van der Waals surface area contributed by atoms with Crippen LogP contribution in [0.15, 0.2) is 47.5 Å². The molecule has 0 radical (unpaired) electrons. The summed E-state index contributed by atoms with van der Waals surface area (Å²) >= 11 is 0. The van der Waals surface area contributed by atoms with Gasteiger partial charge in [0.2, 0.25) is 0 Å². The molecular weight excluding hydrogens is 328 g/mol. The van der Waals surface area contributed by atoms with E-state index < -0.39 is 0 Å². The summed E-state index contributed by atoms with van der Waals surface area (Å²) in [4.78, 5) is 4.36. The van der Waals surface area contributed by atoms with Gasteiger partial charge < -0.3 is 14.8 Å². The minimum absolute atomic E-state index is 0.156. The average molecular weight is 348 g/mol. The van der Waals surface area contributed by atoms with Crippen LogP contribution < -0.4 is 0 Å². The number of aryl methyl sites for hydroxylation is 1. The first kappa shape index (κ1) is 16.3. The van der Waals surface area contributed by atoms with E-state index in [2.05, 4.69) is 19.8 Å². The van der Waals surface area contributed by atoms with Crippen LogP contribution in [-0.2, 0) is 13.0 Å². The summed E-state index contributed by atoms with van der Waals surface area (Å²) < 4.78 is 2.22. The van der Waals surface area contributed by atoms with E-state index in [1.807, 2.05) is 24.3 Å². The highest BCUT2D eigenvalue weighted by molar-refractivity contribution is 5.86. The van der Waals surface area contributed by atoms with Crippen molar-refractivity contribution in [2.45, 2.75) is 32.2 Å². The third-order valence-electron chi connectivity index (χ3n) is 4.63. The van der Waals surface area contributed by atoms with Gasteiger partial charge in [-0.2, -0.15) is 0 Å². The molecule has 6 heteroatoms. The van der Waals surface area contributed by atoms with Crippen LogP contribution >= 0.6 is 0 Å². The van der Waals surface area contributed by atoms with E-state index in [4.69, 9.17) is 0 Å². The lowest BCUT2D eigenvalue weighted by atomic mass is 10.2. The molecular formula is C20H20N4O2. The maximum Gasteiger partial charge on any atom is 0.166 e. The number of hydrogen-bond donors (Lipinski definition) is 2. The van der Waals surface area contributed by atoms with Crippen LogP contribution in [-0.4, -0.2) is 31.2 Å². The van der Waals surface area contributed by atoms with Gasteiger partial charge in [0.15, 0.2) is 17.3 Å². The van der Waals surface area contributed by atoms with Gasteiger partial charge in [0, 0.05) is 30.3 Å². The second kappa shape index (κ2) is 7.00. The van der Waals surface area contributed by atoms with Gasteiger partial charge in [-0.3, -0.25) is 4.99 Å². The van der Waals surface area contributed by atoms with Gasteiger partial charge in [0.1, 0.15) is 5.82 Å². The summed E-state index contributed by atoms with van der Waals surface area (Å²) in [6.07, 6.45) is 6.09. The summed E-state index contributed by atoms with van der Waals surface area (Å²) in [6, 6.07) is 12.6. The molecule has 26 heavy (non-hydrogen) atoms. The second-order valence-electron chi connectivity index (χ2n) is 6.42. The number of nitrogens with zero attached hydrogens (tertiary/aromatic N) is 4. The molecule has 6 nitrogen and oxygen atoms in total. The monoisotopic (exact) mass is 348 g/mol. The molecule has 0 saturated heterocycles. The molecule has 0 aliphatic carbocycles. The smallest absolute Gasteiger partial charge is 0.166 e. The predicted octanol–water partition coefficient (Wildman–Crippen LogP) is 3.83. The van der Waals surface area contributed by atoms with Crippen molar-refractivity contribution >= 4 is 11.9 Å². The molecule has 1 aliphatic rings. The van der Waals surface area contributed by atoms with Gasteiger partial charge in [0.05, 0.1) is 5.69 Å². The number of fused-ring (bicyclic) bond motifs is 1. The molecule has 1 aromatic heterocycles. The fourth-order valence-corrected chi connectivity index (χ4v) is 3.19. The first-order valence-electron chi connectivity index (χ1n) is 8.80. The molecule has 0 saturated carbocycles. The first-order valence-corrected chi connectivity index (χ1v) is 8.80. The van der Waals surface area contributed by atoms with Crippen LogP contribution in [0, 0.1) is 0 Å². The van der Waals surface area contributed by atoms with E-state index in [1.54, 1.807) is 12.1 Å². The Bertz CT molecular complexity index is 945. The first-order chi connectivity index (χ1) is 12.7. The Morgan fingerprint density at radius 1 is 0.962 bits per heavy atom. The van der Waals surface area contributed by atoms with Crippen LogP contribution in [0.3, 0.4) is 0 Å². The van der Waals surface area contributed by atoms with Crippen LogP contribution in [0.5, 0.6) is 11.5 Å². The number of phenols is 2. The highest BCUT2D eigenvalue weighted by Gasteiger charge is 2.15.